The summed E-state index contributed by atoms with van der Waals surface area (Å²) in [5, 5.41) is 7.26. The Morgan fingerprint density at radius 3 is 2.45 bits per heavy atom. The Morgan fingerprint density at radius 1 is 0.966 bits per heavy atom. The highest BCUT2D eigenvalue weighted by Crippen LogP contribution is 2.22. The molecule has 0 fully saturated rings. The minimum Gasteiger partial charge on any atom is -0.376 e. The molecule has 0 radical (unpaired) electrons. The van der Waals surface area contributed by atoms with Gasteiger partial charge in [0.15, 0.2) is 0 Å². The molecule has 1 aromatic heterocycles. The van der Waals surface area contributed by atoms with Crippen LogP contribution in [0.2, 0.25) is 0 Å². The average molecular weight is 389 g/mol. The van der Waals surface area contributed by atoms with E-state index in [0.29, 0.717) is 0 Å². The first kappa shape index (κ1) is 20.4. The van der Waals surface area contributed by atoms with E-state index in [9.17, 15) is 4.79 Å². The number of hydrogen-bond donors (Lipinski definition) is 2. The van der Waals surface area contributed by atoms with Crippen molar-refractivity contribution in [3.8, 4) is 5.69 Å². The van der Waals surface area contributed by atoms with Crippen LogP contribution >= 0.6 is 0 Å². The number of aromatic nitrogens is 1. The Hall–Kier alpha value is -3.34. The predicted octanol–water partition coefficient (Wildman–Crippen LogP) is 4.58. The third-order valence-corrected chi connectivity index (χ3v) is 5.18. The van der Waals surface area contributed by atoms with Gasteiger partial charge in [-0.15, -0.1) is 0 Å². The number of benzene rings is 2. The number of nitrogens with zero attached hydrogens (tertiary/aromatic N) is 2. The summed E-state index contributed by atoms with van der Waals surface area (Å²) in [6.07, 6.45) is 1.70. The van der Waals surface area contributed by atoms with Crippen LogP contribution in [0.1, 0.15) is 33.6 Å². The molecule has 0 spiro atoms. The fourth-order valence-electron chi connectivity index (χ4n) is 3.35. The molecule has 2 N–H and O–H groups in total. The molecule has 0 aliphatic carbocycles. The molecule has 1 heterocycles. The van der Waals surface area contributed by atoms with E-state index in [4.69, 9.17) is 0 Å². The zero-order chi connectivity index (χ0) is 21.0. The van der Waals surface area contributed by atoms with Crippen LogP contribution in [0.5, 0.6) is 0 Å². The standard InChI is InChI=1S/C24H28N4O/c1-16-10-11-22(12-18(16)3)25-15-24(29)27-26-14-21-13-19(4)28(20(21)5)23-9-7-6-8-17(23)2/h6-14,25H,15H2,1-5H3,(H,27,29)/b26-14+. The van der Waals surface area contributed by atoms with Crippen LogP contribution < -0.4 is 10.7 Å². The Morgan fingerprint density at radius 2 is 1.72 bits per heavy atom. The largest absolute Gasteiger partial charge is 0.376 e. The molecule has 2 aromatic carbocycles. The maximum Gasteiger partial charge on any atom is 0.259 e. The number of aryl methyl sites for hydroxylation is 4. The first-order valence-electron chi connectivity index (χ1n) is 9.75. The third kappa shape index (κ3) is 4.74. The summed E-state index contributed by atoms with van der Waals surface area (Å²) in [5.41, 5.74) is 11.5. The van der Waals surface area contributed by atoms with Crippen molar-refractivity contribution in [1.82, 2.24) is 9.99 Å². The zero-order valence-corrected chi connectivity index (χ0v) is 17.7. The Balaban J connectivity index is 1.63. The third-order valence-electron chi connectivity index (χ3n) is 5.18. The van der Waals surface area contributed by atoms with E-state index in [1.54, 1.807) is 6.21 Å². The lowest BCUT2D eigenvalue weighted by atomic mass is 10.1. The van der Waals surface area contributed by atoms with Crippen LogP contribution in [0.4, 0.5) is 5.69 Å². The number of carbonyl (C=O) groups excluding carboxylic acids is 1. The lowest BCUT2D eigenvalue weighted by molar-refractivity contribution is -0.119. The summed E-state index contributed by atoms with van der Waals surface area (Å²) < 4.78 is 2.21. The Labute approximate surface area is 172 Å². The van der Waals surface area contributed by atoms with Crippen molar-refractivity contribution in [3.05, 3.63) is 82.2 Å². The van der Waals surface area contributed by atoms with Crippen LogP contribution in [-0.2, 0) is 4.79 Å². The molecule has 5 nitrogen and oxygen atoms in total. The zero-order valence-electron chi connectivity index (χ0n) is 17.7. The summed E-state index contributed by atoms with van der Waals surface area (Å²) >= 11 is 0. The van der Waals surface area contributed by atoms with Gasteiger partial charge in [0.2, 0.25) is 0 Å². The first-order chi connectivity index (χ1) is 13.9. The summed E-state index contributed by atoms with van der Waals surface area (Å²) in [4.78, 5) is 12.1. The van der Waals surface area contributed by atoms with Gasteiger partial charge in [0.1, 0.15) is 0 Å². The van der Waals surface area contributed by atoms with Gasteiger partial charge in [-0.25, -0.2) is 5.43 Å². The van der Waals surface area contributed by atoms with E-state index in [0.717, 1.165) is 28.3 Å². The summed E-state index contributed by atoms with van der Waals surface area (Å²) in [6.45, 7) is 10.5. The number of hydrogen-bond acceptors (Lipinski definition) is 3. The number of carbonyl (C=O) groups is 1. The van der Waals surface area contributed by atoms with Crippen LogP contribution in [-0.4, -0.2) is 23.2 Å². The van der Waals surface area contributed by atoms with Gasteiger partial charge >= 0.3 is 0 Å². The molecule has 0 saturated carbocycles. The van der Waals surface area contributed by atoms with E-state index in [-0.39, 0.29) is 12.5 Å². The second-order valence-corrected chi connectivity index (χ2v) is 7.39. The molecule has 3 rings (SSSR count). The monoisotopic (exact) mass is 388 g/mol. The number of para-hydroxylation sites is 1. The normalized spacial score (nSPS) is 11.1. The van der Waals surface area contributed by atoms with Crippen LogP contribution in [0.25, 0.3) is 5.69 Å². The number of rotatable bonds is 6. The van der Waals surface area contributed by atoms with E-state index in [1.165, 1.54) is 16.7 Å². The van der Waals surface area contributed by atoms with Crippen molar-refractivity contribution >= 4 is 17.8 Å². The van der Waals surface area contributed by atoms with Gasteiger partial charge < -0.3 is 9.88 Å². The molecular weight excluding hydrogens is 360 g/mol. The summed E-state index contributed by atoms with van der Waals surface area (Å²) in [6, 6.07) is 16.4. The molecule has 0 bridgehead atoms. The minimum atomic E-state index is -0.188. The average Bonchev–Trinajstić information content (AvgIpc) is 2.97. The van der Waals surface area contributed by atoms with Crippen LogP contribution in [0.15, 0.2) is 53.6 Å². The SMILES string of the molecule is Cc1ccc(NCC(=O)N/N=C/c2cc(C)n(-c3ccccc3C)c2C)cc1C. The van der Waals surface area contributed by atoms with E-state index in [1.807, 2.05) is 30.3 Å². The molecule has 0 aliphatic heterocycles. The van der Waals surface area contributed by atoms with Crippen molar-refractivity contribution in [2.24, 2.45) is 5.10 Å². The number of amides is 1. The van der Waals surface area contributed by atoms with E-state index in [2.05, 4.69) is 73.2 Å². The van der Waals surface area contributed by atoms with Crippen molar-refractivity contribution < 1.29 is 4.79 Å². The molecular formula is C24H28N4O. The molecule has 0 atom stereocenters. The molecule has 5 heteroatoms. The van der Waals surface area contributed by atoms with Crippen molar-refractivity contribution in [2.75, 3.05) is 11.9 Å². The number of hydrazone groups is 1. The lowest BCUT2D eigenvalue weighted by Gasteiger charge is -2.12. The highest BCUT2D eigenvalue weighted by Gasteiger charge is 2.11. The molecule has 0 aliphatic rings. The smallest absolute Gasteiger partial charge is 0.259 e. The summed E-state index contributed by atoms with van der Waals surface area (Å²) in [5.74, 6) is -0.188. The van der Waals surface area contributed by atoms with Gasteiger partial charge in [0.25, 0.3) is 5.91 Å². The van der Waals surface area contributed by atoms with E-state index >= 15 is 0 Å². The molecule has 3 aromatic rings. The number of nitrogens with one attached hydrogen (secondary N) is 2. The highest BCUT2D eigenvalue weighted by atomic mass is 16.2. The van der Waals surface area contributed by atoms with Gasteiger partial charge in [-0.3, -0.25) is 4.79 Å². The minimum absolute atomic E-state index is 0.169. The molecule has 0 unspecified atom stereocenters. The fourth-order valence-corrected chi connectivity index (χ4v) is 3.35. The second-order valence-electron chi connectivity index (χ2n) is 7.39. The first-order valence-corrected chi connectivity index (χ1v) is 9.75. The molecule has 29 heavy (non-hydrogen) atoms. The van der Waals surface area contributed by atoms with Gasteiger partial charge in [-0.05, 0) is 75.6 Å². The maximum absolute atomic E-state index is 12.1. The van der Waals surface area contributed by atoms with Gasteiger partial charge in [-0.2, -0.15) is 5.10 Å². The van der Waals surface area contributed by atoms with Crippen molar-refractivity contribution in [1.29, 1.82) is 0 Å². The van der Waals surface area contributed by atoms with Gasteiger partial charge in [-0.1, -0.05) is 24.3 Å². The molecule has 1 amide bonds. The molecule has 150 valence electrons. The predicted molar refractivity (Wildman–Crippen MR) is 120 cm³/mol. The van der Waals surface area contributed by atoms with Crippen LogP contribution in [0.3, 0.4) is 0 Å². The summed E-state index contributed by atoms with van der Waals surface area (Å²) in [7, 11) is 0. The quantitative estimate of drug-likeness (QED) is 0.480. The van der Waals surface area contributed by atoms with E-state index < -0.39 is 0 Å². The Kier molecular flexibility index (Phi) is 6.17. The number of anilines is 1. The molecule has 0 saturated heterocycles. The van der Waals surface area contributed by atoms with Gasteiger partial charge in [0, 0.05) is 28.3 Å². The van der Waals surface area contributed by atoms with Gasteiger partial charge in [0.05, 0.1) is 12.8 Å². The Bertz CT molecular complexity index is 1060. The highest BCUT2D eigenvalue weighted by molar-refractivity contribution is 5.85. The topological polar surface area (TPSA) is 58.4 Å². The lowest BCUT2D eigenvalue weighted by Crippen LogP contribution is -2.25. The fraction of sp³-hybridized carbons (Fsp3) is 0.250. The van der Waals surface area contributed by atoms with Crippen LogP contribution in [0, 0.1) is 34.6 Å². The van der Waals surface area contributed by atoms with Crippen molar-refractivity contribution in [2.45, 2.75) is 34.6 Å². The maximum atomic E-state index is 12.1. The van der Waals surface area contributed by atoms with Crippen molar-refractivity contribution in [3.63, 3.8) is 0 Å². The second kappa shape index (κ2) is 8.78.